The van der Waals surface area contributed by atoms with Crippen molar-refractivity contribution in [3.63, 3.8) is 0 Å². The highest BCUT2D eigenvalue weighted by Crippen LogP contribution is 2.39. The van der Waals surface area contributed by atoms with Gasteiger partial charge in [-0.3, -0.25) is 4.79 Å². The van der Waals surface area contributed by atoms with E-state index in [0.717, 1.165) is 25.9 Å². The number of thioether (sulfide) groups is 1. The Balaban J connectivity index is 1.98. The summed E-state index contributed by atoms with van der Waals surface area (Å²) in [5, 5.41) is 3.43. The van der Waals surface area contributed by atoms with E-state index in [1.165, 1.54) is 32.1 Å². The summed E-state index contributed by atoms with van der Waals surface area (Å²) in [6.07, 6.45) is 10.9. The van der Waals surface area contributed by atoms with Crippen molar-refractivity contribution in [2.75, 3.05) is 19.3 Å². The van der Waals surface area contributed by atoms with E-state index in [9.17, 15) is 4.79 Å². The first-order valence-electron chi connectivity index (χ1n) is 8.16. The first-order chi connectivity index (χ1) is 9.56. The molecular formula is C16H30N2OS. The molecule has 1 atom stereocenters. The second-order valence-electron chi connectivity index (χ2n) is 6.72. The van der Waals surface area contributed by atoms with Gasteiger partial charge < -0.3 is 10.2 Å². The van der Waals surface area contributed by atoms with Crippen LogP contribution in [0.1, 0.15) is 58.8 Å². The minimum atomic E-state index is 0.0475. The Morgan fingerprint density at radius 2 is 2.00 bits per heavy atom. The van der Waals surface area contributed by atoms with Crippen molar-refractivity contribution in [3.05, 3.63) is 0 Å². The third-order valence-electron chi connectivity index (χ3n) is 4.74. The van der Waals surface area contributed by atoms with Crippen LogP contribution in [-0.4, -0.2) is 47.0 Å². The number of nitrogens with one attached hydrogen (secondary N) is 1. The van der Waals surface area contributed by atoms with E-state index in [4.69, 9.17) is 0 Å². The number of carbonyl (C=O) groups is 1. The second-order valence-corrected chi connectivity index (χ2v) is 8.00. The van der Waals surface area contributed by atoms with Crippen LogP contribution in [0.5, 0.6) is 0 Å². The molecule has 1 saturated heterocycles. The van der Waals surface area contributed by atoms with Crippen LogP contribution in [0, 0.1) is 0 Å². The Morgan fingerprint density at radius 3 is 2.60 bits per heavy atom. The molecule has 1 amide bonds. The minimum absolute atomic E-state index is 0.0475. The fraction of sp³-hybridized carbons (Fsp3) is 0.938. The number of piperidine rings is 1. The van der Waals surface area contributed by atoms with Gasteiger partial charge in [-0.2, -0.15) is 11.8 Å². The zero-order valence-electron chi connectivity index (χ0n) is 13.3. The van der Waals surface area contributed by atoms with Crippen LogP contribution in [0.15, 0.2) is 0 Å². The first kappa shape index (κ1) is 16.2. The van der Waals surface area contributed by atoms with E-state index in [2.05, 4.69) is 30.3 Å². The van der Waals surface area contributed by atoms with E-state index < -0.39 is 0 Å². The molecule has 0 bridgehead atoms. The zero-order valence-corrected chi connectivity index (χ0v) is 14.1. The summed E-state index contributed by atoms with van der Waals surface area (Å²) >= 11 is 1.99. The molecule has 1 saturated carbocycles. The lowest BCUT2D eigenvalue weighted by atomic mass is 9.87. The predicted octanol–water partition coefficient (Wildman–Crippen LogP) is 3.04. The summed E-state index contributed by atoms with van der Waals surface area (Å²) in [6, 6.07) is 0.430. The molecule has 0 radical (unpaired) electrons. The molecule has 4 heteroatoms. The highest BCUT2D eigenvalue weighted by molar-refractivity contribution is 8.00. The number of likely N-dealkylation sites (tertiary alicyclic amines) is 1. The molecular weight excluding hydrogens is 268 g/mol. The van der Waals surface area contributed by atoms with Crippen LogP contribution >= 0.6 is 11.8 Å². The van der Waals surface area contributed by atoms with Gasteiger partial charge in [-0.05, 0) is 31.9 Å². The van der Waals surface area contributed by atoms with Gasteiger partial charge in [0.15, 0.2) is 0 Å². The summed E-state index contributed by atoms with van der Waals surface area (Å²) in [7, 11) is 0. The van der Waals surface area contributed by atoms with E-state index in [1.807, 2.05) is 11.8 Å². The van der Waals surface area contributed by atoms with Crippen molar-refractivity contribution in [1.82, 2.24) is 10.2 Å². The van der Waals surface area contributed by atoms with Gasteiger partial charge in [0.25, 0.3) is 0 Å². The second kappa shape index (κ2) is 7.17. The van der Waals surface area contributed by atoms with Gasteiger partial charge in [-0.25, -0.2) is 0 Å². The number of hydrogen-bond acceptors (Lipinski definition) is 3. The molecule has 2 fully saturated rings. The number of nitrogens with zero attached hydrogens (tertiary/aromatic N) is 1. The molecule has 0 aromatic rings. The number of hydrogen-bond donors (Lipinski definition) is 1. The lowest BCUT2D eigenvalue weighted by molar-refractivity contribution is -0.136. The van der Waals surface area contributed by atoms with Gasteiger partial charge in [-0.1, -0.05) is 33.1 Å². The molecule has 3 nitrogen and oxygen atoms in total. The standard InChI is InChI=1S/C16H30N2OS/c1-13(2)17-14-8-7-11-18(15(14)19)12-16(20-3)9-5-4-6-10-16/h13-14,17H,4-12H2,1-3H3. The van der Waals surface area contributed by atoms with Crippen molar-refractivity contribution in [2.45, 2.75) is 75.6 Å². The van der Waals surface area contributed by atoms with E-state index in [1.54, 1.807) is 0 Å². The largest absolute Gasteiger partial charge is 0.340 e. The van der Waals surface area contributed by atoms with Crippen LogP contribution in [-0.2, 0) is 4.79 Å². The number of amides is 1. The maximum atomic E-state index is 12.6. The Labute approximate surface area is 128 Å². The lowest BCUT2D eigenvalue weighted by Gasteiger charge is -2.42. The van der Waals surface area contributed by atoms with Crippen LogP contribution in [0.3, 0.4) is 0 Å². The minimum Gasteiger partial charge on any atom is -0.340 e. The summed E-state index contributed by atoms with van der Waals surface area (Å²) in [6.45, 7) is 6.16. The normalized spacial score (nSPS) is 27.1. The summed E-state index contributed by atoms with van der Waals surface area (Å²) < 4.78 is 0.327. The van der Waals surface area contributed by atoms with Gasteiger partial charge >= 0.3 is 0 Å². The Bertz CT molecular complexity index is 326. The summed E-state index contributed by atoms with van der Waals surface area (Å²) in [4.78, 5) is 14.8. The maximum absolute atomic E-state index is 12.6. The zero-order chi connectivity index (χ0) is 14.6. The molecule has 116 valence electrons. The molecule has 20 heavy (non-hydrogen) atoms. The third-order valence-corrected chi connectivity index (χ3v) is 6.15. The summed E-state index contributed by atoms with van der Waals surface area (Å²) in [5.41, 5.74) is 0. The van der Waals surface area contributed by atoms with Crippen molar-refractivity contribution >= 4 is 17.7 Å². The van der Waals surface area contributed by atoms with Crippen LogP contribution in [0.25, 0.3) is 0 Å². The predicted molar refractivity (Wildman–Crippen MR) is 87.2 cm³/mol. The molecule has 1 heterocycles. The van der Waals surface area contributed by atoms with Gasteiger partial charge in [0, 0.05) is 23.9 Å². The Morgan fingerprint density at radius 1 is 1.30 bits per heavy atom. The molecule has 1 aliphatic heterocycles. The van der Waals surface area contributed by atoms with Crippen LogP contribution in [0.4, 0.5) is 0 Å². The molecule has 0 aromatic heterocycles. The fourth-order valence-electron chi connectivity index (χ4n) is 3.63. The average molecular weight is 298 g/mol. The van der Waals surface area contributed by atoms with Gasteiger partial charge in [0.1, 0.15) is 0 Å². The van der Waals surface area contributed by atoms with Crippen LogP contribution in [0.2, 0.25) is 0 Å². The number of carbonyl (C=O) groups excluding carboxylic acids is 1. The van der Waals surface area contributed by atoms with Crippen LogP contribution < -0.4 is 5.32 Å². The van der Waals surface area contributed by atoms with Crippen molar-refractivity contribution in [1.29, 1.82) is 0 Å². The average Bonchev–Trinajstić information content (AvgIpc) is 2.44. The molecule has 1 unspecified atom stereocenters. The smallest absolute Gasteiger partial charge is 0.239 e. The summed E-state index contributed by atoms with van der Waals surface area (Å²) in [5.74, 6) is 0.337. The van der Waals surface area contributed by atoms with Crippen molar-refractivity contribution < 1.29 is 4.79 Å². The van der Waals surface area contributed by atoms with Crippen molar-refractivity contribution in [3.8, 4) is 0 Å². The highest BCUT2D eigenvalue weighted by atomic mass is 32.2. The van der Waals surface area contributed by atoms with E-state index in [0.29, 0.717) is 16.7 Å². The van der Waals surface area contributed by atoms with Gasteiger partial charge in [-0.15, -0.1) is 0 Å². The topological polar surface area (TPSA) is 32.3 Å². The molecule has 1 N–H and O–H groups in total. The molecule has 2 aliphatic rings. The molecule has 0 aromatic carbocycles. The van der Waals surface area contributed by atoms with Crippen molar-refractivity contribution in [2.24, 2.45) is 0 Å². The molecule has 2 rings (SSSR count). The first-order valence-corrected chi connectivity index (χ1v) is 9.39. The molecule has 0 spiro atoms. The Hall–Kier alpha value is -0.220. The maximum Gasteiger partial charge on any atom is 0.239 e. The SMILES string of the molecule is CSC1(CN2CCCC(NC(C)C)C2=O)CCCCC1. The van der Waals surface area contributed by atoms with Gasteiger partial charge in [0.05, 0.1) is 6.04 Å². The Kier molecular flexibility index (Phi) is 5.79. The van der Waals surface area contributed by atoms with E-state index >= 15 is 0 Å². The molecule has 1 aliphatic carbocycles. The van der Waals surface area contributed by atoms with Gasteiger partial charge in [0.2, 0.25) is 5.91 Å². The van der Waals surface area contributed by atoms with E-state index in [-0.39, 0.29) is 6.04 Å². The monoisotopic (exact) mass is 298 g/mol. The number of rotatable bonds is 5. The quantitative estimate of drug-likeness (QED) is 0.847. The third kappa shape index (κ3) is 3.91. The lowest BCUT2D eigenvalue weighted by Crippen LogP contribution is -2.55. The highest BCUT2D eigenvalue weighted by Gasteiger charge is 2.37. The fourth-order valence-corrected chi connectivity index (χ4v) is 4.61.